The van der Waals surface area contributed by atoms with Crippen molar-refractivity contribution in [2.75, 3.05) is 6.54 Å². The summed E-state index contributed by atoms with van der Waals surface area (Å²) in [6.07, 6.45) is 2.47. The monoisotopic (exact) mass is 246 g/mol. The van der Waals surface area contributed by atoms with E-state index in [9.17, 15) is 0 Å². The van der Waals surface area contributed by atoms with Crippen molar-refractivity contribution < 1.29 is 4.42 Å². The second-order valence-electron chi connectivity index (χ2n) is 3.51. The largest absolute Gasteiger partial charge is 0.433 e. The zero-order valence-electron chi connectivity index (χ0n) is 8.96. The van der Waals surface area contributed by atoms with Crippen LogP contribution in [0.1, 0.15) is 5.01 Å². The Kier molecular flexibility index (Phi) is 2.58. The van der Waals surface area contributed by atoms with E-state index in [0.29, 0.717) is 23.7 Å². The van der Waals surface area contributed by atoms with Crippen molar-refractivity contribution in [1.82, 2.24) is 15.0 Å². The number of rotatable bonds is 3. The van der Waals surface area contributed by atoms with Crippen LogP contribution < -0.4 is 5.73 Å². The topological polar surface area (TPSA) is 77.8 Å². The summed E-state index contributed by atoms with van der Waals surface area (Å²) in [6.45, 7) is 0.599. The zero-order chi connectivity index (χ0) is 11.7. The van der Waals surface area contributed by atoms with Gasteiger partial charge in [-0.3, -0.25) is 0 Å². The number of pyridine rings is 1. The number of nitrogens with two attached hydrogens (primary N) is 1. The van der Waals surface area contributed by atoms with E-state index in [1.54, 1.807) is 17.5 Å². The Morgan fingerprint density at radius 3 is 3.12 bits per heavy atom. The summed E-state index contributed by atoms with van der Waals surface area (Å²) in [5.74, 6) is 0.512. The summed E-state index contributed by atoms with van der Waals surface area (Å²) < 4.78 is 5.58. The van der Waals surface area contributed by atoms with Crippen LogP contribution >= 0.6 is 11.3 Å². The molecule has 3 rings (SSSR count). The van der Waals surface area contributed by atoms with Gasteiger partial charge in [0.05, 0.1) is 5.01 Å². The second kappa shape index (κ2) is 4.23. The Labute approximate surface area is 101 Å². The predicted molar refractivity (Wildman–Crippen MR) is 65.7 cm³/mol. The molecule has 0 aliphatic heterocycles. The van der Waals surface area contributed by atoms with Gasteiger partial charge in [0.2, 0.25) is 5.89 Å². The van der Waals surface area contributed by atoms with Crippen LogP contribution in [-0.2, 0) is 6.42 Å². The van der Waals surface area contributed by atoms with Gasteiger partial charge in [-0.05, 0) is 18.7 Å². The van der Waals surface area contributed by atoms with Crippen LogP contribution in [0.4, 0.5) is 0 Å². The number of oxazole rings is 1. The fourth-order valence-electron chi connectivity index (χ4n) is 1.53. The van der Waals surface area contributed by atoms with Crippen molar-refractivity contribution >= 4 is 22.6 Å². The molecule has 0 aliphatic rings. The molecule has 0 amide bonds. The maximum absolute atomic E-state index is 5.58. The van der Waals surface area contributed by atoms with Gasteiger partial charge in [-0.25, -0.2) is 9.97 Å². The number of hydrogen-bond acceptors (Lipinski definition) is 6. The van der Waals surface area contributed by atoms with E-state index in [4.69, 9.17) is 10.2 Å². The van der Waals surface area contributed by atoms with Gasteiger partial charge in [-0.2, -0.15) is 4.98 Å². The number of fused-ring (bicyclic) bond motifs is 1. The minimum Gasteiger partial charge on any atom is -0.433 e. The van der Waals surface area contributed by atoms with E-state index in [2.05, 4.69) is 15.0 Å². The summed E-state index contributed by atoms with van der Waals surface area (Å²) in [4.78, 5) is 12.8. The molecule has 3 aromatic heterocycles. The molecule has 0 bridgehead atoms. The lowest BCUT2D eigenvalue weighted by molar-refractivity contribution is 0.617. The molecular formula is C11H10N4OS. The van der Waals surface area contributed by atoms with Crippen molar-refractivity contribution in [3.63, 3.8) is 0 Å². The average molecular weight is 246 g/mol. The highest BCUT2D eigenvalue weighted by molar-refractivity contribution is 7.09. The highest BCUT2D eigenvalue weighted by Crippen LogP contribution is 2.24. The van der Waals surface area contributed by atoms with Crippen LogP contribution in [-0.4, -0.2) is 21.5 Å². The van der Waals surface area contributed by atoms with Gasteiger partial charge in [0.15, 0.2) is 11.2 Å². The molecule has 6 heteroatoms. The van der Waals surface area contributed by atoms with Crippen molar-refractivity contribution in [2.45, 2.75) is 6.42 Å². The minimum absolute atomic E-state index is 0.512. The second-order valence-corrected chi connectivity index (χ2v) is 4.45. The molecule has 0 radical (unpaired) electrons. The van der Waals surface area contributed by atoms with E-state index in [1.807, 2.05) is 17.5 Å². The Hall–Kier alpha value is -1.79. The summed E-state index contributed by atoms with van der Waals surface area (Å²) in [5.41, 5.74) is 7.52. The number of aromatic nitrogens is 3. The fraction of sp³-hybridized carbons (Fsp3) is 0.182. The van der Waals surface area contributed by atoms with E-state index in [-0.39, 0.29) is 0 Å². The predicted octanol–water partition coefficient (Wildman–Crippen LogP) is 1.85. The average Bonchev–Trinajstić information content (AvgIpc) is 2.94. The molecule has 0 atom stereocenters. The molecule has 5 nitrogen and oxygen atoms in total. The standard InChI is InChI=1S/C11H10N4OS/c12-4-3-9-14-7(6-17-9)11-15-10-8(16-11)2-1-5-13-10/h1-2,5-6H,3-4,12H2. The summed E-state index contributed by atoms with van der Waals surface area (Å²) in [6, 6.07) is 3.66. The maximum Gasteiger partial charge on any atom is 0.248 e. The maximum atomic E-state index is 5.58. The number of thiazole rings is 1. The third-order valence-corrected chi connectivity index (χ3v) is 3.20. The third-order valence-electron chi connectivity index (χ3n) is 2.29. The fourth-order valence-corrected chi connectivity index (χ4v) is 2.31. The Morgan fingerprint density at radius 2 is 2.29 bits per heavy atom. The normalized spacial score (nSPS) is 11.1. The molecule has 86 valence electrons. The molecule has 0 unspecified atom stereocenters. The summed E-state index contributed by atoms with van der Waals surface area (Å²) in [5, 5.41) is 2.92. The zero-order valence-corrected chi connectivity index (χ0v) is 9.78. The first-order valence-corrected chi connectivity index (χ1v) is 6.11. The van der Waals surface area contributed by atoms with Crippen molar-refractivity contribution in [2.24, 2.45) is 5.73 Å². The van der Waals surface area contributed by atoms with E-state index < -0.39 is 0 Å². The van der Waals surface area contributed by atoms with Gasteiger partial charge in [0, 0.05) is 18.0 Å². The summed E-state index contributed by atoms with van der Waals surface area (Å²) in [7, 11) is 0. The molecule has 0 saturated heterocycles. The molecule has 0 spiro atoms. The molecule has 3 heterocycles. The molecule has 3 aromatic rings. The Bertz CT molecular complexity index is 613. The Morgan fingerprint density at radius 1 is 1.35 bits per heavy atom. The van der Waals surface area contributed by atoms with E-state index in [1.165, 1.54) is 0 Å². The lowest BCUT2D eigenvalue weighted by Crippen LogP contribution is -2.01. The van der Waals surface area contributed by atoms with Gasteiger partial charge in [-0.1, -0.05) is 0 Å². The van der Waals surface area contributed by atoms with Crippen molar-refractivity contribution in [3.8, 4) is 11.6 Å². The molecule has 17 heavy (non-hydrogen) atoms. The minimum atomic E-state index is 0.512. The van der Waals surface area contributed by atoms with Gasteiger partial charge in [0.25, 0.3) is 0 Å². The van der Waals surface area contributed by atoms with Gasteiger partial charge < -0.3 is 10.2 Å². The molecule has 2 N–H and O–H groups in total. The van der Waals surface area contributed by atoms with Crippen LogP contribution in [0.15, 0.2) is 28.1 Å². The first kappa shape index (κ1) is 10.4. The highest BCUT2D eigenvalue weighted by atomic mass is 32.1. The summed E-state index contributed by atoms with van der Waals surface area (Å²) >= 11 is 1.57. The third kappa shape index (κ3) is 1.92. The van der Waals surface area contributed by atoms with Crippen molar-refractivity contribution in [1.29, 1.82) is 0 Å². The molecule has 0 aromatic carbocycles. The SMILES string of the molecule is NCCc1nc(-c2nc3ncccc3o2)cs1. The van der Waals surface area contributed by atoms with Crippen LogP contribution in [0.3, 0.4) is 0 Å². The van der Waals surface area contributed by atoms with Crippen molar-refractivity contribution in [3.05, 3.63) is 28.7 Å². The van der Waals surface area contributed by atoms with E-state index >= 15 is 0 Å². The first-order chi connectivity index (χ1) is 8.36. The van der Waals surface area contributed by atoms with Crippen LogP contribution in [0.25, 0.3) is 22.8 Å². The van der Waals surface area contributed by atoms with Crippen LogP contribution in [0, 0.1) is 0 Å². The van der Waals surface area contributed by atoms with E-state index in [0.717, 1.165) is 17.1 Å². The first-order valence-electron chi connectivity index (χ1n) is 5.23. The van der Waals surface area contributed by atoms with Gasteiger partial charge >= 0.3 is 0 Å². The van der Waals surface area contributed by atoms with Gasteiger partial charge in [0.1, 0.15) is 5.69 Å². The molecule has 0 aliphatic carbocycles. The molecular weight excluding hydrogens is 236 g/mol. The smallest absolute Gasteiger partial charge is 0.248 e. The Balaban J connectivity index is 2.01. The van der Waals surface area contributed by atoms with Gasteiger partial charge in [-0.15, -0.1) is 11.3 Å². The lowest BCUT2D eigenvalue weighted by Gasteiger charge is -1.88. The number of nitrogens with zero attached hydrogens (tertiary/aromatic N) is 3. The quantitative estimate of drug-likeness (QED) is 0.763. The highest BCUT2D eigenvalue weighted by Gasteiger charge is 2.11. The molecule has 0 fully saturated rings. The lowest BCUT2D eigenvalue weighted by atomic mass is 10.4. The van der Waals surface area contributed by atoms with Crippen LogP contribution in [0.5, 0.6) is 0 Å². The number of hydrogen-bond donors (Lipinski definition) is 1. The molecule has 0 saturated carbocycles. The van der Waals surface area contributed by atoms with Crippen LogP contribution in [0.2, 0.25) is 0 Å².